The lowest BCUT2D eigenvalue weighted by Crippen LogP contribution is -2.53. The minimum absolute atomic E-state index is 0.0342. The van der Waals surface area contributed by atoms with Crippen molar-refractivity contribution >= 4 is 51.5 Å². The molecule has 0 radical (unpaired) electrons. The molecule has 0 aliphatic carbocycles. The van der Waals surface area contributed by atoms with Crippen molar-refractivity contribution in [3.63, 3.8) is 0 Å². The van der Waals surface area contributed by atoms with Crippen LogP contribution < -0.4 is 16.2 Å². The molecule has 3 aromatic rings. The molecule has 0 saturated carbocycles. The molecular formula is C22H21Cl2FN6O2. The molecule has 1 atom stereocenters. The highest BCUT2D eigenvalue weighted by Crippen LogP contribution is 2.35. The van der Waals surface area contributed by atoms with Crippen molar-refractivity contribution in [3.05, 3.63) is 63.0 Å². The summed E-state index contributed by atoms with van der Waals surface area (Å²) in [6.45, 7) is 8.64. The van der Waals surface area contributed by atoms with E-state index < -0.39 is 11.4 Å². The van der Waals surface area contributed by atoms with E-state index in [-0.39, 0.29) is 38.9 Å². The summed E-state index contributed by atoms with van der Waals surface area (Å²) in [5.74, 6) is -0.426. The lowest BCUT2D eigenvalue weighted by Gasteiger charge is -2.40. The first kappa shape index (κ1) is 23.0. The van der Waals surface area contributed by atoms with Crippen molar-refractivity contribution in [2.45, 2.75) is 19.9 Å². The Balaban J connectivity index is 1.87. The first-order valence-electron chi connectivity index (χ1n) is 10.1. The summed E-state index contributed by atoms with van der Waals surface area (Å²) in [4.78, 5) is 37.8. The van der Waals surface area contributed by atoms with Gasteiger partial charge in [0.1, 0.15) is 23.3 Å². The van der Waals surface area contributed by atoms with E-state index in [0.717, 1.165) is 4.57 Å². The minimum Gasteiger partial charge on any atom is -0.396 e. The molecule has 0 spiro atoms. The molecule has 8 nitrogen and oxygen atoms in total. The Morgan fingerprint density at radius 2 is 2.00 bits per heavy atom. The molecule has 11 heteroatoms. The fourth-order valence-electron chi connectivity index (χ4n) is 4.15. The Morgan fingerprint density at radius 1 is 1.27 bits per heavy atom. The van der Waals surface area contributed by atoms with Crippen LogP contribution in [0.4, 0.5) is 15.9 Å². The van der Waals surface area contributed by atoms with Gasteiger partial charge in [-0.3, -0.25) is 14.2 Å². The van der Waals surface area contributed by atoms with Gasteiger partial charge in [-0.2, -0.15) is 0 Å². The zero-order chi connectivity index (χ0) is 24.0. The number of nitrogens with zero attached hydrogens (tertiary/aromatic N) is 5. The zero-order valence-corrected chi connectivity index (χ0v) is 19.5. The average Bonchev–Trinajstić information content (AvgIpc) is 2.79. The second-order valence-corrected chi connectivity index (χ2v) is 8.65. The van der Waals surface area contributed by atoms with Gasteiger partial charge in [0.15, 0.2) is 5.82 Å². The van der Waals surface area contributed by atoms with Gasteiger partial charge in [0.05, 0.1) is 21.1 Å². The quantitative estimate of drug-likeness (QED) is 0.343. The van der Waals surface area contributed by atoms with E-state index in [1.807, 2.05) is 11.8 Å². The van der Waals surface area contributed by atoms with E-state index in [2.05, 4.69) is 16.5 Å². The molecule has 1 amide bonds. The Morgan fingerprint density at radius 3 is 2.67 bits per heavy atom. The van der Waals surface area contributed by atoms with Crippen molar-refractivity contribution < 1.29 is 9.18 Å². The second kappa shape index (κ2) is 8.64. The molecule has 1 fully saturated rings. The number of hydrogen-bond donors (Lipinski definition) is 1. The van der Waals surface area contributed by atoms with Crippen LogP contribution in [0.5, 0.6) is 0 Å². The van der Waals surface area contributed by atoms with Gasteiger partial charge in [-0.1, -0.05) is 29.8 Å². The molecule has 1 aliphatic rings. The molecule has 4 rings (SSSR count). The predicted molar refractivity (Wildman–Crippen MR) is 128 cm³/mol. The number of amides is 1. The predicted octanol–water partition coefficient (Wildman–Crippen LogP) is 3.34. The highest BCUT2D eigenvalue weighted by atomic mass is 35.5. The number of benzene rings is 1. The zero-order valence-electron chi connectivity index (χ0n) is 18.0. The Labute approximate surface area is 199 Å². The number of aromatic nitrogens is 3. The van der Waals surface area contributed by atoms with Gasteiger partial charge < -0.3 is 15.5 Å². The van der Waals surface area contributed by atoms with Gasteiger partial charge >= 0.3 is 0 Å². The summed E-state index contributed by atoms with van der Waals surface area (Å²) >= 11 is 12.0. The number of fused-ring (bicyclic) bond motifs is 1. The maximum atomic E-state index is 14.9. The number of rotatable bonds is 3. The van der Waals surface area contributed by atoms with Crippen LogP contribution in [0.2, 0.25) is 10.0 Å². The minimum atomic E-state index is -0.853. The number of carbonyl (C=O) groups is 1. The SMILES string of the molecule is C=CC(=O)N1CCN(c2ncnc3c(=O)n(-c4c(N)c(Cl)cc(Cl)c4F)c(C)cc23)C(C)C1. The van der Waals surface area contributed by atoms with Crippen LogP contribution in [-0.2, 0) is 4.79 Å². The molecule has 1 aliphatic heterocycles. The average molecular weight is 491 g/mol. The number of pyridine rings is 1. The van der Waals surface area contributed by atoms with Crippen molar-refractivity contribution in [1.82, 2.24) is 19.4 Å². The summed E-state index contributed by atoms with van der Waals surface area (Å²) in [5, 5.41) is 0.297. The Kier molecular flexibility index (Phi) is 6.02. The van der Waals surface area contributed by atoms with E-state index >= 15 is 0 Å². The number of nitrogen functional groups attached to an aromatic ring is 1. The Bertz CT molecular complexity index is 1330. The summed E-state index contributed by atoms with van der Waals surface area (Å²) in [5.41, 5.74) is 5.61. The molecule has 33 heavy (non-hydrogen) atoms. The third kappa shape index (κ3) is 3.81. The summed E-state index contributed by atoms with van der Waals surface area (Å²) in [6, 6.07) is 2.83. The van der Waals surface area contributed by atoms with Gasteiger partial charge in [0, 0.05) is 31.4 Å². The summed E-state index contributed by atoms with van der Waals surface area (Å²) < 4.78 is 16.0. The molecule has 172 valence electrons. The second-order valence-electron chi connectivity index (χ2n) is 7.83. The van der Waals surface area contributed by atoms with Crippen LogP contribution in [0.15, 0.2) is 35.9 Å². The van der Waals surface area contributed by atoms with Crippen LogP contribution >= 0.6 is 23.2 Å². The number of piperazine rings is 1. The number of anilines is 2. The first-order chi connectivity index (χ1) is 15.6. The van der Waals surface area contributed by atoms with E-state index in [4.69, 9.17) is 28.9 Å². The molecule has 2 N–H and O–H groups in total. The first-order valence-corrected chi connectivity index (χ1v) is 10.9. The standard InChI is InChI=1S/C22H21Cl2FN6O2/c1-4-16(32)29-5-6-30(12(3)9-29)21-13-7-11(2)31(22(33)19(13)27-10-28-21)20-17(25)14(23)8-15(24)18(20)26/h4,7-8,10,12H,1,5-6,9,26H2,2-3H3. The van der Waals surface area contributed by atoms with Crippen LogP contribution in [0.3, 0.4) is 0 Å². The van der Waals surface area contributed by atoms with Crippen LogP contribution in [0.25, 0.3) is 16.6 Å². The van der Waals surface area contributed by atoms with E-state index in [1.54, 1.807) is 17.9 Å². The fourth-order valence-corrected chi connectivity index (χ4v) is 4.61. The molecular weight excluding hydrogens is 470 g/mol. The molecule has 1 saturated heterocycles. The van der Waals surface area contributed by atoms with Crippen LogP contribution in [0.1, 0.15) is 12.6 Å². The largest absolute Gasteiger partial charge is 0.396 e. The summed E-state index contributed by atoms with van der Waals surface area (Å²) in [7, 11) is 0. The highest BCUT2D eigenvalue weighted by Gasteiger charge is 2.29. The van der Waals surface area contributed by atoms with Crippen molar-refractivity contribution in [1.29, 1.82) is 0 Å². The topological polar surface area (TPSA) is 97.4 Å². The molecule has 1 aromatic carbocycles. The number of aryl methyl sites for hydroxylation is 1. The van der Waals surface area contributed by atoms with Crippen LogP contribution in [0, 0.1) is 12.7 Å². The molecule has 2 aromatic heterocycles. The van der Waals surface area contributed by atoms with Crippen molar-refractivity contribution in [3.8, 4) is 5.69 Å². The van der Waals surface area contributed by atoms with Crippen LogP contribution in [-0.4, -0.2) is 51.0 Å². The van der Waals surface area contributed by atoms with Gasteiger partial charge in [-0.05, 0) is 32.1 Å². The normalized spacial score (nSPS) is 16.3. The number of nitrogens with two attached hydrogens (primary N) is 1. The molecule has 0 bridgehead atoms. The van der Waals surface area contributed by atoms with E-state index in [1.165, 1.54) is 18.5 Å². The monoisotopic (exact) mass is 490 g/mol. The smallest absolute Gasteiger partial charge is 0.282 e. The third-order valence-corrected chi connectivity index (χ3v) is 6.36. The summed E-state index contributed by atoms with van der Waals surface area (Å²) in [6.07, 6.45) is 2.58. The molecule has 1 unspecified atom stereocenters. The Hall–Kier alpha value is -3.17. The number of carbonyl (C=O) groups excluding carboxylic acids is 1. The van der Waals surface area contributed by atoms with E-state index in [9.17, 15) is 14.0 Å². The maximum absolute atomic E-state index is 14.9. The number of hydrogen-bond acceptors (Lipinski definition) is 6. The molecule has 3 heterocycles. The van der Waals surface area contributed by atoms with Gasteiger partial charge in [0.2, 0.25) is 5.91 Å². The lowest BCUT2D eigenvalue weighted by molar-refractivity contribution is -0.126. The van der Waals surface area contributed by atoms with Gasteiger partial charge in [0.25, 0.3) is 5.56 Å². The third-order valence-electron chi connectivity index (χ3n) is 5.77. The van der Waals surface area contributed by atoms with E-state index in [0.29, 0.717) is 36.5 Å². The van der Waals surface area contributed by atoms with Gasteiger partial charge in [-0.15, -0.1) is 0 Å². The number of halogens is 3. The van der Waals surface area contributed by atoms with Crippen molar-refractivity contribution in [2.75, 3.05) is 30.3 Å². The maximum Gasteiger partial charge on any atom is 0.282 e. The lowest BCUT2D eigenvalue weighted by atomic mass is 10.1. The van der Waals surface area contributed by atoms with Crippen molar-refractivity contribution in [2.24, 2.45) is 0 Å². The highest BCUT2D eigenvalue weighted by molar-refractivity contribution is 6.37. The fraction of sp³-hybridized carbons (Fsp3) is 0.273. The van der Waals surface area contributed by atoms with Gasteiger partial charge in [-0.25, -0.2) is 14.4 Å².